The third-order valence-electron chi connectivity index (χ3n) is 3.94. The first-order chi connectivity index (χ1) is 13.1. The number of rotatable bonds is 7. The molecule has 2 aromatic heterocycles. The van der Waals surface area contributed by atoms with Gasteiger partial charge in [0.1, 0.15) is 0 Å². The molecule has 0 saturated heterocycles. The number of methoxy groups -OCH3 is 1. The van der Waals surface area contributed by atoms with Crippen LogP contribution in [0.1, 0.15) is 23.8 Å². The Bertz CT molecular complexity index is 909. The first kappa shape index (κ1) is 19.3. The Morgan fingerprint density at radius 3 is 2.67 bits per heavy atom. The molecule has 0 saturated carbocycles. The van der Waals surface area contributed by atoms with E-state index in [0.717, 1.165) is 11.3 Å². The number of aliphatic hydroxyl groups excluding tert-OH is 1. The second-order valence-electron chi connectivity index (χ2n) is 5.96. The Morgan fingerprint density at radius 1 is 1.19 bits per heavy atom. The number of hydrogen-bond acceptors (Lipinski definition) is 6. The molecular formula is C20H20FN3O2S. The van der Waals surface area contributed by atoms with Gasteiger partial charge in [0.05, 0.1) is 18.9 Å². The van der Waals surface area contributed by atoms with Gasteiger partial charge in [-0.1, -0.05) is 42.1 Å². The van der Waals surface area contributed by atoms with Crippen molar-refractivity contribution in [2.24, 2.45) is 0 Å². The summed E-state index contributed by atoms with van der Waals surface area (Å²) in [6.07, 6.45) is 1.58. The van der Waals surface area contributed by atoms with Crippen LogP contribution in [-0.4, -0.2) is 32.9 Å². The summed E-state index contributed by atoms with van der Waals surface area (Å²) in [7, 11) is 1.37. The van der Waals surface area contributed by atoms with Crippen molar-refractivity contribution >= 4 is 11.8 Å². The summed E-state index contributed by atoms with van der Waals surface area (Å²) >= 11 is 1.46. The van der Waals surface area contributed by atoms with E-state index in [1.54, 1.807) is 6.07 Å². The molecule has 0 aliphatic heterocycles. The number of hydrogen-bond donors (Lipinski definition) is 1. The third-order valence-corrected chi connectivity index (χ3v) is 4.82. The van der Waals surface area contributed by atoms with Crippen molar-refractivity contribution in [3.05, 3.63) is 65.7 Å². The van der Waals surface area contributed by atoms with Crippen LogP contribution in [0.15, 0.2) is 53.8 Å². The SMILES string of the molecule is COc1ncc(-c2cc(C)nc(SCCC(O)c3ccccc3)n2)cc1F. The fourth-order valence-corrected chi connectivity index (χ4v) is 3.47. The Hall–Kier alpha value is -2.51. The summed E-state index contributed by atoms with van der Waals surface area (Å²) < 4.78 is 18.8. The summed E-state index contributed by atoms with van der Waals surface area (Å²) in [5, 5.41) is 10.8. The third kappa shape index (κ3) is 5.02. The molecule has 0 radical (unpaired) electrons. The van der Waals surface area contributed by atoms with E-state index in [4.69, 9.17) is 4.74 Å². The summed E-state index contributed by atoms with van der Waals surface area (Å²) in [6, 6.07) is 12.7. The lowest BCUT2D eigenvalue weighted by Gasteiger charge is -2.11. The van der Waals surface area contributed by atoms with Crippen molar-refractivity contribution in [1.29, 1.82) is 0 Å². The van der Waals surface area contributed by atoms with Gasteiger partial charge in [0.2, 0.25) is 5.88 Å². The van der Waals surface area contributed by atoms with Gasteiger partial charge in [-0.05, 0) is 31.0 Å². The molecular weight excluding hydrogens is 365 g/mol. The van der Waals surface area contributed by atoms with Gasteiger partial charge < -0.3 is 9.84 Å². The predicted octanol–water partition coefficient (Wildman–Crippen LogP) is 4.21. The molecule has 3 aromatic rings. The maximum Gasteiger partial charge on any atom is 0.250 e. The minimum absolute atomic E-state index is 0.0472. The first-order valence-corrected chi connectivity index (χ1v) is 9.47. The minimum Gasteiger partial charge on any atom is -0.479 e. The van der Waals surface area contributed by atoms with Gasteiger partial charge in [-0.25, -0.2) is 19.3 Å². The van der Waals surface area contributed by atoms with Crippen LogP contribution in [0.2, 0.25) is 0 Å². The van der Waals surface area contributed by atoms with Crippen LogP contribution in [0.3, 0.4) is 0 Å². The highest BCUT2D eigenvalue weighted by Gasteiger charge is 2.12. The van der Waals surface area contributed by atoms with Gasteiger partial charge in [-0.2, -0.15) is 0 Å². The lowest BCUT2D eigenvalue weighted by Crippen LogP contribution is -2.00. The smallest absolute Gasteiger partial charge is 0.250 e. The van der Waals surface area contributed by atoms with Crippen molar-refractivity contribution in [3.8, 4) is 17.1 Å². The highest BCUT2D eigenvalue weighted by atomic mass is 32.2. The van der Waals surface area contributed by atoms with Gasteiger partial charge in [0.25, 0.3) is 0 Å². The topological polar surface area (TPSA) is 68.1 Å². The van der Waals surface area contributed by atoms with Crippen molar-refractivity contribution in [1.82, 2.24) is 15.0 Å². The second kappa shape index (κ2) is 8.92. The average molecular weight is 385 g/mol. The van der Waals surface area contributed by atoms with Gasteiger partial charge in [-0.15, -0.1) is 0 Å². The molecule has 0 fully saturated rings. The van der Waals surface area contributed by atoms with Crippen molar-refractivity contribution in [3.63, 3.8) is 0 Å². The van der Waals surface area contributed by atoms with E-state index < -0.39 is 11.9 Å². The van der Waals surface area contributed by atoms with Gasteiger partial charge in [0.15, 0.2) is 11.0 Å². The van der Waals surface area contributed by atoms with Crippen LogP contribution >= 0.6 is 11.8 Å². The number of aryl methyl sites for hydroxylation is 1. The maximum absolute atomic E-state index is 13.9. The standard InChI is InChI=1S/C20H20FN3O2S/c1-13-10-17(15-11-16(21)19(26-2)22-12-15)24-20(23-13)27-9-8-18(25)14-6-4-3-5-7-14/h3-7,10-12,18,25H,8-9H2,1-2H3. The van der Waals surface area contributed by atoms with E-state index in [1.807, 2.05) is 37.3 Å². The Balaban J connectivity index is 1.69. The van der Waals surface area contributed by atoms with E-state index in [1.165, 1.54) is 31.1 Å². The second-order valence-corrected chi connectivity index (χ2v) is 7.02. The normalized spacial score (nSPS) is 12.0. The van der Waals surface area contributed by atoms with Gasteiger partial charge in [0, 0.05) is 23.2 Å². The quantitative estimate of drug-likeness (QED) is 0.485. The van der Waals surface area contributed by atoms with Crippen LogP contribution < -0.4 is 4.74 Å². The van der Waals surface area contributed by atoms with Crippen LogP contribution in [0.4, 0.5) is 4.39 Å². The zero-order chi connectivity index (χ0) is 19.2. The van der Waals surface area contributed by atoms with Gasteiger partial charge >= 0.3 is 0 Å². The molecule has 1 N–H and O–H groups in total. The fourth-order valence-electron chi connectivity index (χ4n) is 2.57. The van der Waals surface area contributed by atoms with E-state index in [-0.39, 0.29) is 5.88 Å². The molecule has 7 heteroatoms. The Labute approximate surface area is 161 Å². The number of ether oxygens (including phenoxy) is 1. The van der Waals surface area contributed by atoms with Gasteiger partial charge in [-0.3, -0.25) is 0 Å². The number of aliphatic hydroxyl groups is 1. The molecule has 1 atom stereocenters. The number of benzene rings is 1. The lowest BCUT2D eigenvalue weighted by atomic mass is 10.1. The maximum atomic E-state index is 13.9. The average Bonchev–Trinajstić information content (AvgIpc) is 2.68. The minimum atomic E-state index is -0.536. The van der Waals surface area contributed by atoms with Crippen molar-refractivity contribution in [2.45, 2.75) is 24.6 Å². The molecule has 0 bridgehead atoms. The summed E-state index contributed by atoms with van der Waals surface area (Å²) in [5.41, 5.74) is 2.83. The summed E-state index contributed by atoms with van der Waals surface area (Å²) in [5.74, 6) is 0.0780. The molecule has 5 nitrogen and oxygen atoms in total. The number of thioether (sulfide) groups is 1. The van der Waals surface area contributed by atoms with Crippen LogP contribution in [0.5, 0.6) is 5.88 Å². The predicted molar refractivity (Wildman–Crippen MR) is 103 cm³/mol. The zero-order valence-electron chi connectivity index (χ0n) is 15.1. The van der Waals surface area contributed by atoms with E-state index in [0.29, 0.717) is 28.6 Å². The van der Waals surface area contributed by atoms with E-state index in [2.05, 4.69) is 15.0 Å². The highest BCUT2D eigenvalue weighted by Crippen LogP contribution is 2.26. The molecule has 140 valence electrons. The fraction of sp³-hybridized carbons (Fsp3) is 0.250. The molecule has 0 aliphatic rings. The molecule has 0 amide bonds. The largest absolute Gasteiger partial charge is 0.479 e. The monoisotopic (exact) mass is 385 g/mol. The first-order valence-electron chi connectivity index (χ1n) is 8.48. The molecule has 2 heterocycles. The molecule has 1 aromatic carbocycles. The number of aromatic nitrogens is 3. The molecule has 0 aliphatic carbocycles. The number of halogens is 1. The molecule has 0 spiro atoms. The lowest BCUT2D eigenvalue weighted by molar-refractivity contribution is 0.175. The number of pyridine rings is 1. The zero-order valence-corrected chi connectivity index (χ0v) is 15.9. The van der Waals surface area contributed by atoms with Crippen LogP contribution in [-0.2, 0) is 0 Å². The Kier molecular flexibility index (Phi) is 6.36. The van der Waals surface area contributed by atoms with E-state index >= 15 is 0 Å². The van der Waals surface area contributed by atoms with Crippen LogP contribution in [0, 0.1) is 12.7 Å². The number of nitrogens with zero attached hydrogens (tertiary/aromatic N) is 3. The molecule has 27 heavy (non-hydrogen) atoms. The molecule has 1 unspecified atom stereocenters. The van der Waals surface area contributed by atoms with Crippen LogP contribution in [0.25, 0.3) is 11.3 Å². The summed E-state index contributed by atoms with van der Waals surface area (Å²) in [4.78, 5) is 12.9. The van der Waals surface area contributed by atoms with E-state index in [9.17, 15) is 9.50 Å². The highest BCUT2D eigenvalue weighted by molar-refractivity contribution is 7.99. The molecule has 3 rings (SSSR count). The Morgan fingerprint density at radius 2 is 1.96 bits per heavy atom. The van der Waals surface area contributed by atoms with Crippen molar-refractivity contribution in [2.75, 3.05) is 12.9 Å². The summed E-state index contributed by atoms with van der Waals surface area (Å²) in [6.45, 7) is 1.86. The van der Waals surface area contributed by atoms with Crippen molar-refractivity contribution < 1.29 is 14.2 Å².